The Hall–Kier alpha value is -8.45. The van der Waals surface area contributed by atoms with Crippen LogP contribution in [-0.4, -0.2) is 131 Å². The number of unbranched alkanes of at least 4 members (excludes halogenated alkanes) is 1. The van der Waals surface area contributed by atoms with Gasteiger partial charge in [-0.3, -0.25) is 28.8 Å². The maximum atomic E-state index is 13.9. The minimum absolute atomic E-state index is 0.0257. The number of hydrogen-bond acceptors (Lipinski definition) is 18. The summed E-state index contributed by atoms with van der Waals surface area (Å²) >= 11 is 0. The van der Waals surface area contributed by atoms with Crippen molar-refractivity contribution in [1.29, 1.82) is 0 Å². The van der Waals surface area contributed by atoms with Crippen LogP contribution in [0.5, 0.6) is 0 Å². The van der Waals surface area contributed by atoms with Crippen LogP contribution < -0.4 is 21.7 Å². The summed E-state index contributed by atoms with van der Waals surface area (Å²) in [6, 6.07) is 26.4. The molecule has 452 valence electrons. The van der Waals surface area contributed by atoms with E-state index in [0.717, 1.165) is 28.3 Å². The van der Waals surface area contributed by atoms with Crippen molar-refractivity contribution in [2.24, 2.45) is 17.8 Å². The second-order valence-corrected chi connectivity index (χ2v) is 25.9. The first kappa shape index (κ1) is 62.1. The van der Waals surface area contributed by atoms with E-state index in [1.54, 1.807) is 26.8 Å². The van der Waals surface area contributed by atoms with Crippen LogP contribution in [0.15, 0.2) is 119 Å². The maximum absolute atomic E-state index is 13.9. The first-order valence-electron chi connectivity index (χ1n) is 28.4. The molecule has 1 aromatic heterocycles. The fourth-order valence-electron chi connectivity index (χ4n) is 11.6. The van der Waals surface area contributed by atoms with E-state index in [-0.39, 0.29) is 107 Å². The summed E-state index contributed by atoms with van der Waals surface area (Å²) in [7, 11) is -9.19. The van der Waals surface area contributed by atoms with E-state index in [0.29, 0.717) is 37.9 Å². The first-order chi connectivity index (χ1) is 40.9. The number of carbonyl (C=O) groups excluding carboxylic acids is 7. The highest BCUT2D eigenvalue weighted by atomic mass is 32.2. The SMILES string of the molecule is CC(CC(=O)C(C)NC(=O)OCC1c2ccccc2-c2ccccc21)C(=O)N1CCCC1C(=O)CC(C(=O)NCC(O)Cn1nncc1CCCCS(=O)(=O)c1cccc(Nc2cc(S(=O)(=O)[O-])c(N)c3c2C(=O)c2ccccc2C3=O)c1)C(C)C. The van der Waals surface area contributed by atoms with Crippen LogP contribution >= 0.6 is 0 Å². The highest BCUT2D eigenvalue weighted by Crippen LogP contribution is 2.45. The van der Waals surface area contributed by atoms with Crippen molar-refractivity contribution in [3.8, 4) is 11.1 Å². The summed E-state index contributed by atoms with van der Waals surface area (Å²) in [5.41, 5.74) is 9.36. The van der Waals surface area contributed by atoms with Gasteiger partial charge in [-0.15, -0.1) is 5.10 Å². The number of benzene rings is 5. The molecular formula is C62H67N8O14S2-. The van der Waals surface area contributed by atoms with Crippen molar-refractivity contribution in [3.63, 3.8) is 0 Å². The predicted molar refractivity (Wildman–Crippen MR) is 315 cm³/mol. The Bertz CT molecular complexity index is 3840. The molecule has 6 aromatic rings. The minimum atomic E-state index is -5.25. The van der Waals surface area contributed by atoms with E-state index in [1.807, 2.05) is 48.5 Å². The van der Waals surface area contributed by atoms with Gasteiger partial charge in [0.2, 0.25) is 11.8 Å². The molecule has 6 N–H and O–H groups in total. The molecule has 0 bridgehead atoms. The number of ether oxygens (including phenoxy) is 1. The third kappa shape index (κ3) is 13.5. The fraction of sp³-hybridized carbons (Fsp3) is 0.371. The summed E-state index contributed by atoms with van der Waals surface area (Å²) in [4.78, 5) is 95.5. The smallest absolute Gasteiger partial charge is 0.407 e. The molecule has 1 fully saturated rings. The molecule has 2 aliphatic carbocycles. The van der Waals surface area contributed by atoms with Crippen LogP contribution in [0.4, 0.5) is 21.9 Å². The van der Waals surface area contributed by atoms with E-state index in [4.69, 9.17) is 10.5 Å². The van der Waals surface area contributed by atoms with Crippen LogP contribution in [0.3, 0.4) is 0 Å². The van der Waals surface area contributed by atoms with Gasteiger partial charge in [0.05, 0.1) is 74.7 Å². The van der Waals surface area contributed by atoms with Gasteiger partial charge in [-0.05, 0) is 91.5 Å². The number of carbonyl (C=O) groups is 7. The average molecular weight is 1210 g/mol. The number of sulfone groups is 1. The highest BCUT2D eigenvalue weighted by Gasteiger charge is 2.40. The number of amides is 3. The number of hydrogen-bond donors (Lipinski definition) is 5. The van der Waals surface area contributed by atoms with Crippen LogP contribution in [0.2, 0.25) is 0 Å². The fourth-order valence-corrected chi connectivity index (χ4v) is 13.6. The van der Waals surface area contributed by atoms with Gasteiger partial charge in [0.1, 0.15) is 16.7 Å². The summed E-state index contributed by atoms with van der Waals surface area (Å²) < 4.78 is 71.3. The number of ketones is 4. The maximum Gasteiger partial charge on any atom is 0.407 e. The Morgan fingerprint density at radius 1 is 0.814 bits per heavy atom. The van der Waals surface area contributed by atoms with Crippen molar-refractivity contribution in [2.75, 3.05) is 36.5 Å². The van der Waals surface area contributed by atoms with Crippen LogP contribution in [0.1, 0.15) is 121 Å². The molecule has 5 aromatic carbocycles. The van der Waals surface area contributed by atoms with Crippen molar-refractivity contribution in [3.05, 3.63) is 148 Å². The van der Waals surface area contributed by atoms with E-state index in [9.17, 15) is 60.1 Å². The minimum Gasteiger partial charge on any atom is -0.744 e. The number of aliphatic hydroxyl groups is 1. The third-order valence-electron chi connectivity index (χ3n) is 16.2. The average Bonchev–Trinajstić information content (AvgIpc) is 1.52. The Balaban J connectivity index is 0.721. The van der Waals surface area contributed by atoms with E-state index in [2.05, 4.69) is 26.3 Å². The zero-order chi connectivity index (χ0) is 61.8. The van der Waals surface area contributed by atoms with Crippen molar-refractivity contribution >= 4 is 78.1 Å². The number of Topliss-reactive ketones (excluding diaryl/α,β-unsaturated/α-hetero) is 2. The second-order valence-electron chi connectivity index (χ2n) is 22.5. The van der Waals surface area contributed by atoms with Gasteiger partial charge in [-0.2, -0.15) is 0 Å². The Morgan fingerprint density at radius 3 is 2.10 bits per heavy atom. The number of aliphatic hydroxyl groups excluding tert-OH is 1. The van der Waals surface area contributed by atoms with Gasteiger partial charge in [0, 0.05) is 60.5 Å². The molecule has 24 heteroatoms. The Morgan fingerprint density at radius 2 is 1.45 bits per heavy atom. The van der Waals surface area contributed by atoms with Gasteiger partial charge in [0.25, 0.3) is 0 Å². The number of alkyl carbamates (subject to hydrolysis) is 1. The molecule has 5 unspecified atom stereocenters. The number of aryl methyl sites for hydroxylation is 1. The van der Waals surface area contributed by atoms with Crippen molar-refractivity contribution in [2.45, 2.75) is 113 Å². The van der Waals surface area contributed by atoms with Gasteiger partial charge >= 0.3 is 6.09 Å². The quantitative estimate of drug-likeness (QED) is 0.0238. The lowest BCUT2D eigenvalue weighted by Gasteiger charge is -2.28. The third-order valence-corrected chi connectivity index (χ3v) is 18.9. The van der Waals surface area contributed by atoms with Crippen LogP contribution in [-0.2, 0) is 56.8 Å². The van der Waals surface area contributed by atoms with Gasteiger partial charge in [-0.1, -0.05) is 105 Å². The number of nitrogen functional groups attached to an aromatic ring is 1. The lowest BCUT2D eigenvalue weighted by Crippen LogP contribution is -2.46. The number of likely N-dealkylation sites (tertiary alicyclic amines) is 1. The Kier molecular flexibility index (Phi) is 18.8. The summed E-state index contributed by atoms with van der Waals surface area (Å²) in [5.74, 6) is -5.30. The number of rotatable bonds is 25. The topological polar surface area (TPSA) is 336 Å². The molecule has 1 aliphatic heterocycles. The predicted octanol–water partition coefficient (Wildman–Crippen LogP) is 6.30. The number of aromatic nitrogens is 3. The van der Waals surface area contributed by atoms with E-state index in [1.165, 1.54) is 65.2 Å². The Labute approximate surface area is 497 Å². The second kappa shape index (κ2) is 26.0. The standard InChI is InChI=1S/C62H68N8O14S2/c1-35(2)48(29-53(73)51-24-14-25-69(51)61(77)36(3)27-52(72)37(4)66-62(78)84-34-49-44-20-7-5-18-42(44)43-19-6-8-21-45(43)49)60(76)64-32-40(71)33-70-39(31-65-68-70)16-11-12-26-85(79,80)41-17-13-15-38(28-41)67-50-30-54(86(81,82)83)57(63)56-55(50)58(74)46-22-9-10-23-47(46)59(56)75/h5-10,13,15,17-23,28,30-31,35-37,40,48-49,51,67,71H,11-12,14,16,24-27,29,32-34,63H2,1-4H3,(H,64,76)(H,66,78)(H,81,82,83)/p-1. The monoisotopic (exact) mass is 1210 g/mol. The van der Waals surface area contributed by atoms with Crippen LogP contribution in [0.25, 0.3) is 11.1 Å². The number of nitrogens with one attached hydrogen (secondary N) is 3. The molecule has 5 atom stereocenters. The van der Waals surface area contributed by atoms with E-state index >= 15 is 0 Å². The molecular weight excluding hydrogens is 1140 g/mol. The number of anilines is 3. The molecule has 22 nitrogen and oxygen atoms in total. The van der Waals surface area contributed by atoms with Crippen molar-refractivity contribution in [1.82, 2.24) is 30.5 Å². The van der Waals surface area contributed by atoms with Crippen molar-refractivity contribution < 1.29 is 64.8 Å². The number of nitrogens with two attached hydrogens (primary N) is 1. The summed E-state index contributed by atoms with van der Waals surface area (Å²) in [6.45, 7) is 6.84. The highest BCUT2D eigenvalue weighted by molar-refractivity contribution is 7.91. The van der Waals surface area contributed by atoms with Gasteiger partial charge in [0.15, 0.2) is 33.0 Å². The zero-order valence-electron chi connectivity index (χ0n) is 47.9. The molecule has 3 aliphatic rings. The largest absolute Gasteiger partial charge is 0.744 e. The molecule has 2 heterocycles. The number of fused-ring (bicyclic) bond motifs is 5. The molecule has 1 saturated heterocycles. The van der Waals surface area contributed by atoms with Gasteiger partial charge < -0.3 is 41.0 Å². The lowest BCUT2D eigenvalue weighted by atomic mass is 9.82. The molecule has 86 heavy (non-hydrogen) atoms. The number of nitrogens with zero attached hydrogens (tertiary/aromatic N) is 4. The first-order valence-corrected chi connectivity index (χ1v) is 31.5. The normalized spacial score (nSPS) is 16.1. The van der Waals surface area contributed by atoms with E-state index < -0.39 is 89.7 Å². The zero-order valence-corrected chi connectivity index (χ0v) is 49.5. The molecule has 0 saturated carbocycles. The van der Waals surface area contributed by atoms with Gasteiger partial charge in [-0.25, -0.2) is 26.3 Å². The molecule has 0 spiro atoms. The molecule has 9 rings (SSSR count). The summed E-state index contributed by atoms with van der Waals surface area (Å²) in [5, 5.41) is 27.3. The molecule has 0 radical (unpaired) electrons. The molecule has 3 amide bonds. The van der Waals surface area contributed by atoms with Crippen LogP contribution in [0, 0.1) is 17.8 Å². The summed E-state index contributed by atoms with van der Waals surface area (Å²) in [6.07, 6.45) is 1.03. The lowest BCUT2D eigenvalue weighted by molar-refractivity contribution is -0.142.